The monoisotopic (exact) mass is 338 g/mol. The lowest BCUT2D eigenvalue weighted by Gasteiger charge is -2.33. The van der Waals surface area contributed by atoms with Crippen molar-refractivity contribution in [1.82, 2.24) is 10.2 Å². The Hall–Kier alpha value is -2.17. The van der Waals surface area contributed by atoms with Crippen LogP contribution < -0.4 is 5.32 Å². The largest absolute Gasteiger partial charge is 0.391 e. The number of nitrogens with zero attached hydrogens (tertiary/aromatic N) is 1. The van der Waals surface area contributed by atoms with Gasteiger partial charge in [0.2, 0.25) is 5.91 Å². The number of benzene rings is 2. The van der Waals surface area contributed by atoms with Crippen molar-refractivity contribution < 1.29 is 9.90 Å². The SMILES string of the molecule is CC(C(=O)NCC(O)Cc1ccccc1)N1CCc2ccccc2C1. The van der Waals surface area contributed by atoms with Crippen molar-refractivity contribution >= 4 is 5.91 Å². The predicted octanol–water partition coefficient (Wildman–Crippen LogP) is 2.15. The molecule has 2 aromatic rings. The summed E-state index contributed by atoms with van der Waals surface area (Å²) in [4.78, 5) is 14.6. The zero-order valence-electron chi connectivity index (χ0n) is 14.7. The molecule has 0 aromatic heterocycles. The summed E-state index contributed by atoms with van der Waals surface area (Å²) in [5.74, 6) is -0.0218. The molecule has 132 valence electrons. The van der Waals surface area contributed by atoms with Crippen LogP contribution in [-0.2, 0) is 24.2 Å². The lowest BCUT2D eigenvalue weighted by molar-refractivity contribution is -0.126. The van der Waals surface area contributed by atoms with Gasteiger partial charge in [0.15, 0.2) is 0 Å². The summed E-state index contributed by atoms with van der Waals surface area (Å²) >= 11 is 0. The number of carbonyl (C=O) groups excluding carboxylic acids is 1. The van der Waals surface area contributed by atoms with E-state index in [2.05, 4.69) is 28.4 Å². The normalized spacial score (nSPS) is 16.7. The van der Waals surface area contributed by atoms with Crippen molar-refractivity contribution in [3.63, 3.8) is 0 Å². The zero-order chi connectivity index (χ0) is 17.6. The van der Waals surface area contributed by atoms with E-state index in [9.17, 15) is 9.90 Å². The van der Waals surface area contributed by atoms with Crippen molar-refractivity contribution in [3.05, 3.63) is 71.3 Å². The average molecular weight is 338 g/mol. The first-order valence-corrected chi connectivity index (χ1v) is 8.94. The summed E-state index contributed by atoms with van der Waals surface area (Å²) in [6, 6.07) is 18.1. The average Bonchev–Trinajstić information content (AvgIpc) is 2.66. The molecule has 25 heavy (non-hydrogen) atoms. The van der Waals surface area contributed by atoms with Crippen LogP contribution in [0.1, 0.15) is 23.6 Å². The summed E-state index contributed by atoms with van der Waals surface area (Å²) in [7, 11) is 0. The Balaban J connectivity index is 1.48. The third kappa shape index (κ3) is 4.68. The Bertz CT molecular complexity index is 702. The summed E-state index contributed by atoms with van der Waals surface area (Å²) in [6.07, 6.45) is 0.956. The predicted molar refractivity (Wildman–Crippen MR) is 99.2 cm³/mol. The highest BCUT2D eigenvalue weighted by molar-refractivity contribution is 5.81. The molecule has 2 N–H and O–H groups in total. The highest BCUT2D eigenvalue weighted by atomic mass is 16.3. The van der Waals surface area contributed by atoms with Gasteiger partial charge in [-0.15, -0.1) is 0 Å². The number of hydrogen-bond acceptors (Lipinski definition) is 3. The number of aliphatic hydroxyl groups is 1. The van der Waals surface area contributed by atoms with E-state index in [4.69, 9.17) is 0 Å². The minimum atomic E-state index is -0.569. The summed E-state index contributed by atoms with van der Waals surface area (Å²) in [5.41, 5.74) is 3.76. The maximum atomic E-state index is 12.4. The van der Waals surface area contributed by atoms with Gasteiger partial charge in [-0.3, -0.25) is 9.69 Å². The molecular formula is C21H26N2O2. The first-order valence-electron chi connectivity index (χ1n) is 8.94. The first-order chi connectivity index (χ1) is 12.1. The van der Waals surface area contributed by atoms with Gasteiger partial charge < -0.3 is 10.4 Å². The summed E-state index contributed by atoms with van der Waals surface area (Å²) in [5, 5.41) is 13.0. The van der Waals surface area contributed by atoms with Crippen molar-refractivity contribution in [1.29, 1.82) is 0 Å². The fraction of sp³-hybridized carbons (Fsp3) is 0.381. The van der Waals surface area contributed by atoms with Gasteiger partial charge in [0.25, 0.3) is 0 Å². The molecule has 3 rings (SSSR count). The summed E-state index contributed by atoms with van der Waals surface area (Å²) in [6.45, 7) is 3.91. The number of rotatable bonds is 6. The fourth-order valence-corrected chi connectivity index (χ4v) is 3.34. The van der Waals surface area contributed by atoms with Gasteiger partial charge in [0.05, 0.1) is 12.1 Å². The lowest BCUT2D eigenvalue weighted by atomic mass is 9.99. The van der Waals surface area contributed by atoms with Gasteiger partial charge in [-0.2, -0.15) is 0 Å². The molecule has 2 unspecified atom stereocenters. The van der Waals surface area contributed by atoms with E-state index in [0.29, 0.717) is 6.42 Å². The third-order valence-corrected chi connectivity index (χ3v) is 4.91. The Labute approximate surface area is 149 Å². The van der Waals surface area contributed by atoms with E-state index in [1.54, 1.807) is 0 Å². The minimum absolute atomic E-state index is 0.0218. The van der Waals surface area contributed by atoms with Crippen molar-refractivity contribution in [2.75, 3.05) is 13.1 Å². The number of hydrogen-bond donors (Lipinski definition) is 2. The standard InChI is InChI=1S/C21H26N2O2/c1-16(23-12-11-18-9-5-6-10-19(18)15-23)21(25)22-14-20(24)13-17-7-3-2-4-8-17/h2-10,16,20,24H,11-15H2,1H3,(H,22,25). The van der Waals surface area contributed by atoms with Gasteiger partial charge in [-0.25, -0.2) is 0 Å². The molecule has 0 spiro atoms. The van der Waals surface area contributed by atoms with Gasteiger partial charge in [-0.05, 0) is 30.0 Å². The van der Waals surface area contributed by atoms with Gasteiger partial charge in [0, 0.05) is 26.1 Å². The van der Waals surface area contributed by atoms with Gasteiger partial charge in [0.1, 0.15) is 0 Å². The highest BCUT2D eigenvalue weighted by Crippen LogP contribution is 2.20. The number of amides is 1. The van der Waals surface area contributed by atoms with E-state index < -0.39 is 6.10 Å². The van der Waals surface area contributed by atoms with Crippen LogP contribution in [0.4, 0.5) is 0 Å². The van der Waals surface area contributed by atoms with E-state index in [-0.39, 0.29) is 18.5 Å². The molecular weight excluding hydrogens is 312 g/mol. The Morgan fingerprint density at radius 1 is 1.12 bits per heavy atom. The smallest absolute Gasteiger partial charge is 0.237 e. The topological polar surface area (TPSA) is 52.6 Å². The van der Waals surface area contributed by atoms with Gasteiger partial charge in [-0.1, -0.05) is 54.6 Å². The molecule has 0 saturated heterocycles. The quantitative estimate of drug-likeness (QED) is 0.849. The molecule has 0 aliphatic carbocycles. The molecule has 0 saturated carbocycles. The number of carbonyl (C=O) groups is 1. The maximum Gasteiger partial charge on any atom is 0.237 e. The third-order valence-electron chi connectivity index (χ3n) is 4.91. The maximum absolute atomic E-state index is 12.4. The van der Waals surface area contributed by atoms with Crippen LogP contribution in [0.25, 0.3) is 0 Å². The molecule has 2 aromatic carbocycles. The second kappa shape index (κ2) is 8.28. The second-order valence-electron chi connectivity index (χ2n) is 6.75. The molecule has 0 radical (unpaired) electrons. The molecule has 1 amide bonds. The van der Waals surface area contributed by atoms with Crippen LogP contribution >= 0.6 is 0 Å². The molecule has 4 nitrogen and oxygen atoms in total. The van der Waals surface area contributed by atoms with Crippen molar-refractivity contribution in [2.24, 2.45) is 0 Å². The van der Waals surface area contributed by atoms with E-state index in [0.717, 1.165) is 25.1 Å². The van der Waals surface area contributed by atoms with E-state index in [1.807, 2.05) is 43.3 Å². The number of nitrogens with one attached hydrogen (secondary N) is 1. The zero-order valence-corrected chi connectivity index (χ0v) is 14.7. The minimum Gasteiger partial charge on any atom is -0.391 e. The van der Waals surface area contributed by atoms with Crippen LogP contribution in [0.15, 0.2) is 54.6 Å². The molecule has 1 aliphatic rings. The number of aliphatic hydroxyl groups excluding tert-OH is 1. The molecule has 2 atom stereocenters. The van der Waals surface area contributed by atoms with Crippen LogP contribution in [0, 0.1) is 0 Å². The van der Waals surface area contributed by atoms with Crippen molar-refractivity contribution in [2.45, 2.75) is 38.5 Å². The van der Waals surface area contributed by atoms with Crippen LogP contribution in [0.5, 0.6) is 0 Å². The lowest BCUT2D eigenvalue weighted by Crippen LogP contribution is -2.48. The Kier molecular flexibility index (Phi) is 5.84. The number of fused-ring (bicyclic) bond motifs is 1. The molecule has 0 bridgehead atoms. The van der Waals surface area contributed by atoms with E-state index in [1.165, 1.54) is 11.1 Å². The fourth-order valence-electron chi connectivity index (χ4n) is 3.34. The van der Waals surface area contributed by atoms with Crippen molar-refractivity contribution in [3.8, 4) is 0 Å². The molecule has 1 heterocycles. The van der Waals surface area contributed by atoms with E-state index >= 15 is 0 Å². The molecule has 0 fully saturated rings. The molecule has 1 aliphatic heterocycles. The second-order valence-corrected chi connectivity index (χ2v) is 6.75. The van der Waals surface area contributed by atoms with Crippen LogP contribution in [0.3, 0.4) is 0 Å². The highest BCUT2D eigenvalue weighted by Gasteiger charge is 2.25. The van der Waals surface area contributed by atoms with Crippen LogP contribution in [-0.4, -0.2) is 41.1 Å². The van der Waals surface area contributed by atoms with Crippen LogP contribution in [0.2, 0.25) is 0 Å². The Morgan fingerprint density at radius 3 is 2.56 bits per heavy atom. The molecule has 4 heteroatoms. The first kappa shape index (κ1) is 17.6. The summed E-state index contributed by atoms with van der Waals surface area (Å²) < 4.78 is 0. The van der Waals surface area contributed by atoms with Gasteiger partial charge >= 0.3 is 0 Å². The Morgan fingerprint density at radius 2 is 1.80 bits per heavy atom.